The van der Waals surface area contributed by atoms with Crippen LogP contribution in [-0.2, 0) is 4.79 Å². The van der Waals surface area contributed by atoms with Crippen molar-refractivity contribution in [1.29, 1.82) is 5.26 Å². The number of rotatable bonds is 6. The van der Waals surface area contributed by atoms with Gasteiger partial charge in [-0.1, -0.05) is 0 Å². The molecule has 0 aliphatic carbocycles. The third-order valence-electron chi connectivity index (χ3n) is 4.95. The fourth-order valence-corrected chi connectivity index (χ4v) is 3.65. The van der Waals surface area contributed by atoms with Gasteiger partial charge in [-0.3, -0.25) is 14.6 Å². The predicted octanol–water partition coefficient (Wildman–Crippen LogP) is 1.55. The summed E-state index contributed by atoms with van der Waals surface area (Å²) in [7, 11) is 0. The van der Waals surface area contributed by atoms with Crippen molar-refractivity contribution in [2.75, 3.05) is 45.8 Å². The van der Waals surface area contributed by atoms with Gasteiger partial charge in [0.1, 0.15) is 0 Å². The molecule has 0 spiro atoms. The van der Waals surface area contributed by atoms with Gasteiger partial charge in [-0.25, -0.2) is 0 Å². The van der Waals surface area contributed by atoms with Crippen LogP contribution in [0.5, 0.6) is 0 Å². The molecule has 0 saturated carbocycles. The molecule has 0 aromatic heterocycles. The van der Waals surface area contributed by atoms with Crippen LogP contribution in [0.4, 0.5) is 0 Å². The lowest BCUT2D eigenvalue weighted by Crippen LogP contribution is -2.50. The first kappa shape index (κ1) is 17.2. The predicted molar refractivity (Wildman–Crippen MR) is 87.3 cm³/mol. The van der Waals surface area contributed by atoms with Crippen molar-refractivity contribution in [2.45, 2.75) is 45.6 Å². The molecule has 2 aliphatic rings. The van der Waals surface area contributed by atoms with Crippen LogP contribution < -0.4 is 0 Å². The molecule has 0 bridgehead atoms. The quantitative estimate of drug-likeness (QED) is 0.747. The van der Waals surface area contributed by atoms with E-state index in [0.29, 0.717) is 25.7 Å². The zero-order valence-electron chi connectivity index (χ0n) is 14.1. The molecule has 2 aliphatic heterocycles. The Balaban J connectivity index is 1.83. The van der Waals surface area contributed by atoms with Crippen LogP contribution in [0, 0.1) is 17.2 Å². The standard InChI is InChI=1S/C17H30N4O/c1-3-20(12-15(2)11-18)17(22)14-19-8-6-7-16(13-19)21-9-4-5-10-21/h15-16H,3-10,12-14H2,1-2H3/t15-,16-/m0/s1. The Bertz CT molecular complexity index is 400. The molecule has 0 unspecified atom stereocenters. The highest BCUT2D eigenvalue weighted by Gasteiger charge is 2.28. The summed E-state index contributed by atoms with van der Waals surface area (Å²) in [4.78, 5) is 19.2. The topological polar surface area (TPSA) is 50.6 Å². The van der Waals surface area contributed by atoms with Crippen LogP contribution in [-0.4, -0.2) is 72.5 Å². The maximum atomic E-state index is 12.5. The maximum absolute atomic E-state index is 12.5. The van der Waals surface area contributed by atoms with E-state index in [1.54, 1.807) is 0 Å². The Hall–Kier alpha value is -1.12. The highest BCUT2D eigenvalue weighted by molar-refractivity contribution is 5.78. The SMILES string of the molecule is CCN(C[C@@H](C)C#N)C(=O)CN1CCC[C@H](N2CCCC2)C1. The van der Waals surface area contributed by atoms with Crippen molar-refractivity contribution in [3.05, 3.63) is 0 Å². The first-order chi connectivity index (χ1) is 10.6. The Morgan fingerprint density at radius 1 is 1.32 bits per heavy atom. The molecule has 124 valence electrons. The Labute approximate surface area is 134 Å². The smallest absolute Gasteiger partial charge is 0.236 e. The van der Waals surface area contributed by atoms with E-state index >= 15 is 0 Å². The maximum Gasteiger partial charge on any atom is 0.236 e. The van der Waals surface area contributed by atoms with Crippen LogP contribution in [0.3, 0.4) is 0 Å². The summed E-state index contributed by atoms with van der Waals surface area (Å²) in [5.41, 5.74) is 0. The lowest BCUT2D eigenvalue weighted by molar-refractivity contribution is -0.133. The number of carbonyl (C=O) groups is 1. The number of likely N-dealkylation sites (tertiary alicyclic amines) is 2. The van der Waals surface area contributed by atoms with Crippen LogP contribution in [0.1, 0.15) is 39.5 Å². The van der Waals surface area contributed by atoms with E-state index in [9.17, 15) is 4.79 Å². The third-order valence-corrected chi connectivity index (χ3v) is 4.95. The summed E-state index contributed by atoms with van der Waals surface area (Å²) in [6.45, 7) is 10.1. The zero-order chi connectivity index (χ0) is 15.9. The van der Waals surface area contributed by atoms with Crippen LogP contribution in [0.15, 0.2) is 0 Å². The van der Waals surface area contributed by atoms with Crippen molar-refractivity contribution in [3.8, 4) is 6.07 Å². The second-order valence-electron chi connectivity index (χ2n) is 6.74. The molecule has 0 aromatic rings. The summed E-state index contributed by atoms with van der Waals surface area (Å²) >= 11 is 0. The lowest BCUT2D eigenvalue weighted by Gasteiger charge is -2.38. The molecule has 5 nitrogen and oxygen atoms in total. The van der Waals surface area contributed by atoms with Gasteiger partial charge in [-0.15, -0.1) is 0 Å². The van der Waals surface area contributed by atoms with Crippen LogP contribution >= 0.6 is 0 Å². The Kier molecular flexibility index (Phi) is 6.66. The fraction of sp³-hybridized carbons (Fsp3) is 0.882. The number of nitriles is 1. The van der Waals surface area contributed by atoms with Crippen molar-refractivity contribution < 1.29 is 4.79 Å². The second-order valence-corrected chi connectivity index (χ2v) is 6.74. The minimum absolute atomic E-state index is 0.0948. The van der Waals surface area contributed by atoms with E-state index in [-0.39, 0.29) is 11.8 Å². The normalized spacial score (nSPS) is 24.9. The molecule has 0 N–H and O–H groups in total. The summed E-state index contributed by atoms with van der Waals surface area (Å²) in [5.74, 6) is 0.0780. The Morgan fingerprint density at radius 2 is 2.05 bits per heavy atom. The van der Waals surface area contributed by atoms with E-state index in [0.717, 1.165) is 13.1 Å². The van der Waals surface area contributed by atoms with E-state index in [1.807, 2.05) is 18.7 Å². The van der Waals surface area contributed by atoms with E-state index in [1.165, 1.54) is 38.8 Å². The molecule has 22 heavy (non-hydrogen) atoms. The number of hydrogen-bond acceptors (Lipinski definition) is 4. The van der Waals surface area contributed by atoms with Gasteiger partial charge in [0, 0.05) is 25.7 Å². The minimum atomic E-state index is -0.0948. The lowest BCUT2D eigenvalue weighted by atomic mass is 10.0. The largest absolute Gasteiger partial charge is 0.341 e. The average Bonchev–Trinajstić information content (AvgIpc) is 3.06. The first-order valence-corrected chi connectivity index (χ1v) is 8.77. The summed E-state index contributed by atoms with van der Waals surface area (Å²) in [6, 6.07) is 2.85. The van der Waals surface area contributed by atoms with Gasteiger partial charge < -0.3 is 4.90 Å². The third kappa shape index (κ3) is 4.69. The van der Waals surface area contributed by atoms with E-state index in [4.69, 9.17) is 5.26 Å². The van der Waals surface area contributed by atoms with Gasteiger partial charge in [-0.05, 0) is 59.2 Å². The molecular weight excluding hydrogens is 276 g/mol. The number of piperidine rings is 1. The average molecular weight is 306 g/mol. The van der Waals surface area contributed by atoms with Crippen molar-refractivity contribution in [2.24, 2.45) is 5.92 Å². The summed E-state index contributed by atoms with van der Waals surface area (Å²) in [5, 5.41) is 8.93. The second kappa shape index (κ2) is 8.50. The molecule has 2 saturated heterocycles. The molecular formula is C17H30N4O. The molecule has 2 atom stereocenters. The first-order valence-electron chi connectivity index (χ1n) is 8.77. The molecule has 5 heteroatoms. The number of likely N-dealkylation sites (N-methyl/N-ethyl adjacent to an activating group) is 1. The van der Waals surface area contributed by atoms with Gasteiger partial charge in [0.05, 0.1) is 18.5 Å². The number of carbonyl (C=O) groups excluding carboxylic acids is 1. The van der Waals surface area contributed by atoms with E-state index < -0.39 is 0 Å². The van der Waals surface area contributed by atoms with Crippen LogP contribution in [0.2, 0.25) is 0 Å². The van der Waals surface area contributed by atoms with Gasteiger partial charge in [0.2, 0.25) is 5.91 Å². The highest BCUT2D eigenvalue weighted by Crippen LogP contribution is 2.20. The van der Waals surface area contributed by atoms with Gasteiger partial charge >= 0.3 is 0 Å². The molecule has 2 heterocycles. The van der Waals surface area contributed by atoms with Gasteiger partial charge in [0.25, 0.3) is 0 Å². The number of nitrogens with zero attached hydrogens (tertiary/aromatic N) is 4. The van der Waals surface area contributed by atoms with E-state index in [2.05, 4.69) is 15.9 Å². The molecule has 0 aromatic carbocycles. The summed E-state index contributed by atoms with van der Waals surface area (Å²) < 4.78 is 0. The minimum Gasteiger partial charge on any atom is -0.341 e. The van der Waals surface area contributed by atoms with Crippen molar-refractivity contribution >= 4 is 5.91 Å². The monoisotopic (exact) mass is 306 g/mol. The zero-order valence-corrected chi connectivity index (χ0v) is 14.1. The highest BCUT2D eigenvalue weighted by atomic mass is 16.2. The van der Waals surface area contributed by atoms with Gasteiger partial charge in [-0.2, -0.15) is 5.26 Å². The van der Waals surface area contributed by atoms with Crippen LogP contribution in [0.25, 0.3) is 0 Å². The molecule has 0 radical (unpaired) electrons. The summed E-state index contributed by atoms with van der Waals surface area (Å²) in [6.07, 6.45) is 5.11. The fourth-order valence-electron chi connectivity index (χ4n) is 3.65. The van der Waals surface area contributed by atoms with Crippen molar-refractivity contribution in [3.63, 3.8) is 0 Å². The Morgan fingerprint density at radius 3 is 2.68 bits per heavy atom. The number of hydrogen-bond donors (Lipinski definition) is 0. The number of amides is 1. The van der Waals surface area contributed by atoms with Gasteiger partial charge in [0.15, 0.2) is 0 Å². The van der Waals surface area contributed by atoms with Crippen molar-refractivity contribution in [1.82, 2.24) is 14.7 Å². The molecule has 1 amide bonds. The molecule has 2 rings (SSSR count). The molecule has 2 fully saturated rings.